The fourth-order valence-electron chi connectivity index (χ4n) is 3.16. The number of rotatable bonds is 4. The molecule has 0 radical (unpaired) electrons. The first kappa shape index (κ1) is 17.5. The van der Waals surface area contributed by atoms with Crippen molar-refractivity contribution in [3.8, 4) is 6.07 Å². The third kappa shape index (κ3) is 4.39. The minimum absolute atomic E-state index is 0.0947. The number of amides is 1. The maximum absolute atomic E-state index is 13.2. The molecule has 0 atom stereocenters. The van der Waals surface area contributed by atoms with Crippen molar-refractivity contribution in [2.24, 2.45) is 0 Å². The first-order chi connectivity index (χ1) is 12.0. The molecule has 0 saturated carbocycles. The van der Waals surface area contributed by atoms with Gasteiger partial charge in [0.15, 0.2) is 11.5 Å². The van der Waals surface area contributed by atoms with Gasteiger partial charge in [0.2, 0.25) is 5.91 Å². The predicted molar refractivity (Wildman–Crippen MR) is 86.1 cm³/mol. The number of hydrogen-bond donors (Lipinski definition) is 1. The maximum Gasteiger partial charge on any atom is 0.267 e. The molecule has 0 spiro atoms. The van der Waals surface area contributed by atoms with Gasteiger partial charge in [-0.25, -0.2) is 8.78 Å². The molecule has 0 aliphatic carbocycles. The van der Waals surface area contributed by atoms with Crippen LogP contribution in [0.25, 0.3) is 0 Å². The smallest absolute Gasteiger partial charge is 0.267 e. The number of nitrogens with zero attached hydrogens (tertiary/aromatic N) is 5. The van der Waals surface area contributed by atoms with Crippen molar-refractivity contribution in [3.63, 3.8) is 0 Å². The Hall–Kier alpha value is -2.34. The Morgan fingerprint density at radius 1 is 1.32 bits per heavy atom. The van der Waals surface area contributed by atoms with Gasteiger partial charge < -0.3 is 15.1 Å². The molecule has 0 unspecified atom stereocenters. The van der Waals surface area contributed by atoms with Crippen LogP contribution in [0.4, 0.5) is 14.6 Å². The molecule has 1 amide bonds. The molecule has 0 aromatic carbocycles. The van der Waals surface area contributed by atoms with Crippen molar-refractivity contribution in [2.45, 2.75) is 31.2 Å². The van der Waals surface area contributed by atoms with Crippen LogP contribution in [0.2, 0.25) is 0 Å². The predicted octanol–water partition coefficient (Wildman–Crippen LogP) is 0.774. The molecular formula is C16H20F2N6O. The second-order valence-electron chi connectivity index (χ2n) is 6.45. The van der Waals surface area contributed by atoms with E-state index in [9.17, 15) is 13.6 Å². The Labute approximate surface area is 144 Å². The normalized spacial score (nSPS) is 20.5. The summed E-state index contributed by atoms with van der Waals surface area (Å²) in [6.45, 7) is 1.27. The van der Waals surface area contributed by atoms with E-state index >= 15 is 0 Å². The number of aromatic nitrogens is 2. The highest BCUT2D eigenvalue weighted by molar-refractivity contribution is 5.78. The summed E-state index contributed by atoms with van der Waals surface area (Å²) in [5, 5.41) is 19.8. The molecule has 1 aromatic heterocycles. The molecule has 25 heavy (non-hydrogen) atoms. The van der Waals surface area contributed by atoms with Crippen LogP contribution in [-0.2, 0) is 4.79 Å². The topological polar surface area (TPSA) is 85.2 Å². The number of carbonyl (C=O) groups excluding carboxylic acids is 1. The second-order valence-corrected chi connectivity index (χ2v) is 6.45. The summed E-state index contributed by atoms with van der Waals surface area (Å²) in [4.78, 5) is 15.3. The Balaban J connectivity index is 1.42. The zero-order chi connectivity index (χ0) is 17.9. The first-order valence-electron chi connectivity index (χ1n) is 8.35. The Bertz CT molecular complexity index is 652. The summed E-state index contributed by atoms with van der Waals surface area (Å²) in [6.07, 6.45) is 1.40. The zero-order valence-electron chi connectivity index (χ0n) is 13.8. The minimum atomic E-state index is -2.75. The standard InChI is InChI=1S/C16H20F2N6O/c17-16(18)5-8-24(11-16)15(25)10-20-12-3-6-23(7-4-12)14-2-1-13(9-19)21-22-14/h1-2,12,20H,3-8,10-11H2. The molecular weight excluding hydrogens is 330 g/mol. The van der Waals surface area contributed by atoms with Crippen molar-refractivity contribution in [1.82, 2.24) is 20.4 Å². The van der Waals surface area contributed by atoms with E-state index in [1.807, 2.05) is 6.07 Å². The molecule has 1 N–H and O–H groups in total. The van der Waals surface area contributed by atoms with Crippen LogP contribution in [0.15, 0.2) is 12.1 Å². The van der Waals surface area contributed by atoms with Crippen molar-refractivity contribution < 1.29 is 13.6 Å². The SMILES string of the molecule is N#Cc1ccc(N2CCC(NCC(=O)N3CCC(F)(F)C3)CC2)nn1. The van der Waals surface area contributed by atoms with E-state index in [2.05, 4.69) is 20.4 Å². The number of anilines is 1. The summed E-state index contributed by atoms with van der Waals surface area (Å²) in [5.41, 5.74) is 0.284. The fourth-order valence-corrected chi connectivity index (χ4v) is 3.16. The molecule has 7 nitrogen and oxygen atoms in total. The first-order valence-corrected chi connectivity index (χ1v) is 8.35. The number of piperidine rings is 1. The zero-order valence-corrected chi connectivity index (χ0v) is 13.8. The van der Waals surface area contributed by atoms with Crippen LogP contribution in [0.1, 0.15) is 25.0 Å². The van der Waals surface area contributed by atoms with Crippen molar-refractivity contribution in [1.29, 1.82) is 5.26 Å². The number of nitriles is 1. The lowest BCUT2D eigenvalue weighted by atomic mass is 10.1. The Kier molecular flexibility index (Phi) is 5.08. The van der Waals surface area contributed by atoms with Crippen molar-refractivity contribution in [2.75, 3.05) is 37.6 Å². The van der Waals surface area contributed by atoms with Crippen LogP contribution in [0.3, 0.4) is 0 Å². The number of hydrogen-bond acceptors (Lipinski definition) is 6. The van der Waals surface area contributed by atoms with E-state index < -0.39 is 12.5 Å². The van der Waals surface area contributed by atoms with Crippen LogP contribution in [-0.4, -0.2) is 65.7 Å². The van der Waals surface area contributed by atoms with Gasteiger partial charge in [0, 0.05) is 32.1 Å². The molecule has 3 rings (SSSR count). The summed E-state index contributed by atoms with van der Waals surface area (Å²) < 4.78 is 26.3. The van der Waals surface area contributed by atoms with Crippen LogP contribution < -0.4 is 10.2 Å². The quantitative estimate of drug-likeness (QED) is 0.864. The summed E-state index contributed by atoms with van der Waals surface area (Å²) in [7, 11) is 0. The Morgan fingerprint density at radius 3 is 2.64 bits per heavy atom. The van der Waals surface area contributed by atoms with Crippen LogP contribution in [0, 0.1) is 11.3 Å². The minimum Gasteiger partial charge on any atom is -0.355 e. The third-order valence-corrected chi connectivity index (χ3v) is 4.65. The van der Waals surface area contributed by atoms with Gasteiger partial charge in [0.25, 0.3) is 5.92 Å². The van der Waals surface area contributed by atoms with Crippen LogP contribution in [0.5, 0.6) is 0 Å². The van der Waals surface area contributed by atoms with E-state index in [-0.39, 0.29) is 37.2 Å². The van der Waals surface area contributed by atoms with Gasteiger partial charge in [0.1, 0.15) is 6.07 Å². The fraction of sp³-hybridized carbons (Fsp3) is 0.625. The van der Waals surface area contributed by atoms with E-state index in [1.165, 1.54) is 4.90 Å². The van der Waals surface area contributed by atoms with Gasteiger partial charge in [-0.2, -0.15) is 5.26 Å². The third-order valence-electron chi connectivity index (χ3n) is 4.65. The van der Waals surface area contributed by atoms with Crippen LogP contribution >= 0.6 is 0 Å². The Morgan fingerprint density at radius 2 is 2.08 bits per heavy atom. The van der Waals surface area contributed by atoms with E-state index in [4.69, 9.17) is 5.26 Å². The number of halogens is 2. The molecule has 134 valence electrons. The highest BCUT2D eigenvalue weighted by Crippen LogP contribution is 2.26. The van der Waals surface area contributed by atoms with Gasteiger partial charge in [-0.15, -0.1) is 10.2 Å². The molecule has 2 saturated heterocycles. The maximum atomic E-state index is 13.2. The van der Waals surface area contributed by atoms with Gasteiger partial charge in [-0.3, -0.25) is 4.79 Å². The van der Waals surface area contributed by atoms with Gasteiger partial charge in [-0.1, -0.05) is 0 Å². The lowest BCUT2D eigenvalue weighted by molar-refractivity contribution is -0.130. The highest BCUT2D eigenvalue weighted by Gasteiger charge is 2.40. The van der Waals surface area contributed by atoms with Gasteiger partial charge >= 0.3 is 0 Å². The molecule has 2 fully saturated rings. The van der Waals surface area contributed by atoms with E-state index in [1.54, 1.807) is 12.1 Å². The monoisotopic (exact) mass is 350 g/mol. The largest absolute Gasteiger partial charge is 0.355 e. The summed E-state index contributed by atoms with van der Waals surface area (Å²) in [6, 6.07) is 5.52. The van der Waals surface area contributed by atoms with Crippen molar-refractivity contribution >= 4 is 11.7 Å². The van der Waals surface area contributed by atoms with Crippen molar-refractivity contribution in [3.05, 3.63) is 17.8 Å². The van der Waals surface area contributed by atoms with E-state index in [0.29, 0.717) is 0 Å². The number of carbonyl (C=O) groups is 1. The molecule has 3 heterocycles. The van der Waals surface area contributed by atoms with Gasteiger partial charge in [0.05, 0.1) is 13.1 Å². The lowest BCUT2D eigenvalue weighted by Gasteiger charge is -2.33. The average Bonchev–Trinajstić information content (AvgIpc) is 3.00. The van der Waals surface area contributed by atoms with Gasteiger partial charge in [-0.05, 0) is 25.0 Å². The van der Waals surface area contributed by atoms with E-state index in [0.717, 1.165) is 31.7 Å². The summed E-state index contributed by atoms with van der Waals surface area (Å²) in [5.74, 6) is -2.28. The molecule has 2 aliphatic heterocycles. The number of nitrogens with one attached hydrogen (secondary N) is 1. The molecule has 2 aliphatic rings. The lowest BCUT2D eigenvalue weighted by Crippen LogP contribution is -2.46. The summed E-state index contributed by atoms with van der Waals surface area (Å²) >= 11 is 0. The molecule has 0 bridgehead atoms. The molecule has 9 heteroatoms. The number of likely N-dealkylation sites (tertiary alicyclic amines) is 1. The average molecular weight is 350 g/mol. The number of alkyl halides is 2. The second kappa shape index (κ2) is 7.27. The molecule has 1 aromatic rings. The highest BCUT2D eigenvalue weighted by atomic mass is 19.3.